The molecule has 2 amide bonds. The average molecular weight is 462 g/mol. The number of hydrogen-bond acceptors (Lipinski definition) is 4. The number of likely N-dealkylation sites (tertiary alicyclic amines) is 1. The number of benzene rings is 2. The fraction of sp³-hybridized carbons (Fsp3) is 0.417. The first kappa shape index (κ1) is 24.2. The van der Waals surface area contributed by atoms with Crippen molar-refractivity contribution in [3.63, 3.8) is 0 Å². The molecule has 2 N–H and O–H groups in total. The van der Waals surface area contributed by atoms with Gasteiger partial charge >= 0.3 is 0 Å². The number of anilines is 1. The summed E-state index contributed by atoms with van der Waals surface area (Å²) in [7, 11) is 1.62. The molecule has 0 atom stereocenters. The van der Waals surface area contributed by atoms with Gasteiger partial charge in [-0.25, -0.2) is 4.39 Å². The maximum absolute atomic E-state index is 14.1. The van der Waals surface area contributed by atoms with Crippen molar-refractivity contribution in [3.05, 3.63) is 64.4 Å². The van der Waals surface area contributed by atoms with E-state index < -0.39 is 0 Å². The van der Waals surface area contributed by atoms with Crippen molar-refractivity contribution in [1.29, 1.82) is 0 Å². The standard InChI is InChI=1S/C24H29ClFN3O3/c1-32-14-4-11-27-24(31)20-5-2-3-6-22(20)28-23(30)17-9-12-29(13-10-17)16-18-7-8-19(25)15-21(18)26/h2-3,5-8,15,17H,4,9-14,16H2,1H3,(H,27,31)(H,28,30). The van der Waals surface area contributed by atoms with Crippen LogP contribution < -0.4 is 10.6 Å². The molecule has 3 rings (SSSR count). The molecule has 0 radical (unpaired) electrons. The van der Waals surface area contributed by atoms with Crippen LogP contribution in [0.5, 0.6) is 0 Å². The second-order valence-electron chi connectivity index (χ2n) is 7.92. The van der Waals surface area contributed by atoms with Gasteiger partial charge in [0.2, 0.25) is 5.91 Å². The lowest BCUT2D eigenvalue weighted by Crippen LogP contribution is -2.38. The van der Waals surface area contributed by atoms with Crippen LogP contribution in [-0.2, 0) is 16.1 Å². The Kier molecular flexibility index (Phi) is 9.02. The van der Waals surface area contributed by atoms with Crippen LogP contribution in [0.3, 0.4) is 0 Å². The lowest BCUT2D eigenvalue weighted by atomic mass is 9.95. The first-order valence-corrected chi connectivity index (χ1v) is 11.2. The van der Waals surface area contributed by atoms with E-state index in [-0.39, 0.29) is 23.5 Å². The summed E-state index contributed by atoms with van der Waals surface area (Å²) in [5.41, 5.74) is 1.55. The van der Waals surface area contributed by atoms with Gasteiger partial charge in [-0.2, -0.15) is 0 Å². The van der Waals surface area contributed by atoms with E-state index in [0.717, 1.165) is 6.42 Å². The van der Waals surface area contributed by atoms with Crippen LogP contribution in [0.1, 0.15) is 35.2 Å². The molecular formula is C24H29ClFN3O3. The van der Waals surface area contributed by atoms with Gasteiger partial charge in [0.05, 0.1) is 11.3 Å². The molecule has 0 bridgehead atoms. The Morgan fingerprint density at radius 1 is 1.19 bits per heavy atom. The molecule has 0 aromatic heterocycles. The topological polar surface area (TPSA) is 70.7 Å². The largest absolute Gasteiger partial charge is 0.385 e. The molecule has 6 nitrogen and oxygen atoms in total. The normalized spacial score (nSPS) is 14.8. The smallest absolute Gasteiger partial charge is 0.253 e. The van der Waals surface area contributed by atoms with Crippen LogP contribution in [0.15, 0.2) is 42.5 Å². The van der Waals surface area contributed by atoms with E-state index in [9.17, 15) is 14.0 Å². The molecule has 8 heteroatoms. The molecule has 1 aliphatic heterocycles. The predicted octanol–water partition coefficient (Wildman–Crippen LogP) is 4.10. The van der Waals surface area contributed by atoms with Gasteiger partial charge in [-0.15, -0.1) is 0 Å². The van der Waals surface area contributed by atoms with Crippen molar-refractivity contribution in [3.8, 4) is 0 Å². The molecule has 2 aromatic rings. The second-order valence-corrected chi connectivity index (χ2v) is 8.36. The number of ether oxygens (including phenoxy) is 1. The van der Waals surface area contributed by atoms with Crippen LogP contribution in [0, 0.1) is 11.7 Å². The fourth-order valence-corrected chi connectivity index (χ4v) is 3.94. The van der Waals surface area contributed by atoms with Gasteiger partial charge in [-0.1, -0.05) is 29.8 Å². The molecule has 1 saturated heterocycles. The molecule has 1 aliphatic rings. The Hall–Kier alpha value is -2.48. The summed E-state index contributed by atoms with van der Waals surface area (Å²) >= 11 is 5.82. The molecule has 0 unspecified atom stereocenters. The van der Waals surface area contributed by atoms with Crippen molar-refractivity contribution in [2.45, 2.75) is 25.8 Å². The van der Waals surface area contributed by atoms with E-state index in [1.165, 1.54) is 6.07 Å². The zero-order valence-electron chi connectivity index (χ0n) is 18.2. The maximum atomic E-state index is 14.1. The average Bonchev–Trinajstić information content (AvgIpc) is 2.79. The number of para-hydroxylation sites is 1. The number of carbonyl (C=O) groups excluding carboxylic acids is 2. The minimum absolute atomic E-state index is 0.0954. The Morgan fingerprint density at radius 3 is 2.66 bits per heavy atom. The summed E-state index contributed by atoms with van der Waals surface area (Å²) in [6.45, 7) is 2.95. The molecule has 172 valence electrons. The van der Waals surface area contributed by atoms with Gasteiger partial charge in [0.25, 0.3) is 5.91 Å². The zero-order chi connectivity index (χ0) is 22.9. The Morgan fingerprint density at radius 2 is 1.94 bits per heavy atom. The Bertz CT molecular complexity index is 932. The van der Waals surface area contributed by atoms with Crippen molar-refractivity contribution in [1.82, 2.24) is 10.2 Å². The number of methoxy groups -OCH3 is 1. The molecule has 0 spiro atoms. The number of amides is 2. The van der Waals surface area contributed by atoms with Crippen molar-refractivity contribution >= 4 is 29.1 Å². The monoisotopic (exact) mass is 461 g/mol. The van der Waals surface area contributed by atoms with Crippen LogP contribution in [0.2, 0.25) is 5.02 Å². The minimum atomic E-state index is -0.311. The van der Waals surface area contributed by atoms with Gasteiger partial charge in [0.1, 0.15) is 5.82 Å². The highest BCUT2D eigenvalue weighted by molar-refractivity contribution is 6.30. The van der Waals surface area contributed by atoms with Crippen LogP contribution in [-0.4, -0.2) is 50.1 Å². The summed E-state index contributed by atoms with van der Waals surface area (Å²) in [5, 5.41) is 6.15. The number of nitrogens with zero attached hydrogens (tertiary/aromatic N) is 1. The molecule has 32 heavy (non-hydrogen) atoms. The Balaban J connectivity index is 1.52. The van der Waals surface area contributed by atoms with E-state index in [2.05, 4.69) is 15.5 Å². The first-order chi connectivity index (χ1) is 15.5. The fourth-order valence-electron chi connectivity index (χ4n) is 3.78. The third-order valence-electron chi connectivity index (χ3n) is 5.61. The highest BCUT2D eigenvalue weighted by atomic mass is 35.5. The highest BCUT2D eigenvalue weighted by Crippen LogP contribution is 2.24. The van der Waals surface area contributed by atoms with Gasteiger partial charge in [-0.05, 0) is 56.6 Å². The van der Waals surface area contributed by atoms with E-state index >= 15 is 0 Å². The summed E-state index contributed by atoms with van der Waals surface area (Å²) in [6.07, 6.45) is 2.06. The van der Waals surface area contributed by atoms with Crippen LogP contribution in [0.4, 0.5) is 10.1 Å². The van der Waals surface area contributed by atoms with Crippen molar-refractivity contribution in [2.75, 3.05) is 38.7 Å². The molecule has 1 heterocycles. The molecule has 0 aliphatic carbocycles. The summed E-state index contributed by atoms with van der Waals surface area (Å²) < 4.78 is 19.0. The zero-order valence-corrected chi connectivity index (χ0v) is 19.0. The van der Waals surface area contributed by atoms with Crippen LogP contribution >= 0.6 is 11.6 Å². The summed E-state index contributed by atoms with van der Waals surface area (Å²) in [5.74, 6) is -0.785. The van der Waals surface area contributed by atoms with Gasteiger partial charge < -0.3 is 15.4 Å². The number of piperidine rings is 1. The summed E-state index contributed by atoms with van der Waals surface area (Å²) in [4.78, 5) is 27.5. The number of rotatable bonds is 9. The van der Waals surface area contributed by atoms with E-state index in [0.29, 0.717) is 67.5 Å². The molecule has 1 fully saturated rings. The van der Waals surface area contributed by atoms with Gasteiger partial charge in [0.15, 0.2) is 0 Å². The lowest BCUT2D eigenvalue weighted by Gasteiger charge is -2.31. The molecular weight excluding hydrogens is 433 g/mol. The SMILES string of the molecule is COCCCNC(=O)c1ccccc1NC(=O)C1CCN(Cc2ccc(Cl)cc2F)CC1. The van der Waals surface area contributed by atoms with Gasteiger partial charge in [-0.3, -0.25) is 14.5 Å². The third-order valence-corrected chi connectivity index (χ3v) is 5.84. The van der Waals surface area contributed by atoms with Crippen LogP contribution in [0.25, 0.3) is 0 Å². The number of halogens is 2. The Labute approximate surface area is 193 Å². The van der Waals surface area contributed by atoms with Gasteiger partial charge in [0, 0.05) is 43.3 Å². The number of hydrogen-bond donors (Lipinski definition) is 2. The maximum Gasteiger partial charge on any atom is 0.253 e. The number of nitrogens with one attached hydrogen (secondary N) is 2. The number of carbonyl (C=O) groups is 2. The lowest BCUT2D eigenvalue weighted by molar-refractivity contribution is -0.121. The first-order valence-electron chi connectivity index (χ1n) is 10.8. The van der Waals surface area contributed by atoms with E-state index in [1.54, 1.807) is 43.5 Å². The molecule has 2 aromatic carbocycles. The predicted molar refractivity (Wildman–Crippen MR) is 123 cm³/mol. The van der Waals surface area contributed by atoms with E-state index in [1.807, 2.05) is 0 Å². The second kappa shape index (κ2) is 11.9. The quantitative estimate of drug-likeness (QED) is 0.552. The third kappa shape index (κ3) is 6.76. The van der Waals surface area contributed by atoms with E-state index in [4.69, 9.17) is 16.3 Å². The van der Waals surface area contributed by atoms with Crippen molar-refractivity contribution in [2.24, 2.45) is 5.92 Å². The highest BCUT2D eigenvalue weighted by Gasteiger charge is 2.26. The molecule has 0 saturated carbocycles. The summed E-state index contributed by atoms with van der Waals surface area (Å²) in [6, 6.07) is 11.7. The minimum Gasteiger partial charge on any atom is -0.385 e. The van der Waals surface area contributed by atoms with Crippen molar-refractivity contribution < 1.29 is 18.7 Å².